The molecule has 0 heterocycles. The summed E-state index contributed by atoms with van der Waals surface area (Å²) in [7, 11) is 0. The van der Waals surface area contributed by atoms with Gasteiger partial charge in [-0.1, -0.05) is 149 Å². The number of hydrogen-bond donors (Lipinski definition) is 0. The summed E-state index contributed by atoms with van der Waals surface area (Å²) in [5.74, 6) is 0.444. The minimum atomic E-state index is 0.444. The highest BCUT2D eigenvalue weighted by Crippen LogP contribution is 2.34. The summed E-state index contributed by atoms with van der Waals surface area (Å²) in [6.07, 6.45) is 21.7. The molecule has 276 valence electrons. The summed E-state index contributed by atoms with van der Waals surface area (Å²) in [6, 6.07) is 7.39. The molecule has 0 fully saturated rings. The molecular formula is C47H77NS. The Morgan fingerprint density at radius 1 is 0.878 bits per heavy atom. The number of hydrogen-bond acceptors (Lipinski definition) is 2. The molecule has 0 N–H and O–H groups in total. The molecule has 1 nitrogen and oxygen atoms in total. The molecule has 1 aromatic rings. The normalized spacial score (nSPS) is 13.0. The Bertz CT molecular complexity index is 1240. The summed E-state index contributed by atoms with van der Waals surface area (Å²) in [5.41, 5.74) is 9.85. The van der Waals surface area contributed by atoms with Crippen molar-refractivity contribution in [3.05, 3.63) is 131 Å². The highest BCUT2D eigenvalue weighted by molar-refractivity contribution is 8.10. The fourth-order valence-corrected chi connectivity index (χ4v) is 5.61. The Morgan fingerprint density at radius 2 is 1.45 bits per heavy atom. The molecule has 1 aromatic carbocycles. The van der Waals surface area contributed by atoms with Gasteiger partial charge in [-0.15, -0.1) is 6.58 Å². The van der Waals surface area contributed by atoms with E-state index in [9.17, 15) is 0 Å². The first-order valence-electron chi connectivity index (χ1n) is 18.6. The zero-order valence-corrected chi connectivity index (χ0v) is 35.6. The average molecular weight is 688 g/mol. The molecule has 1 rings (SSSR count). The molecule has 0 aromatic heterocycles. The van der Waals surface area contributed by atoms with Gasteiger partial charge in [0.15, 0.2) is 0 Å². The Balaban J connectivity index is -0.000000783. The largest absolute Gasteiger partial charge is 0.301 e. The van der Waals surface area contributed by atoms with Gasteiger partial charge in [0.05, 0.1) is 0 Å². The van der Waals surface area contributed by atoms with Crippen LogP contribution in [-0.2, 0) is 0 Å². The van der Waals surface area contributed by atoms with E-state index < -0.39 is 0 Å². The second-order valence-electron chi connectivity index (χ2n) is 12.9. The van der Waals surface area contributed by atoms with Crippen molar-refractivity contribution in [2.24, 2.45) is 5.92 Å². The van der Waals surface area contributed by atoms with Crippen LogP contribution >= 0.6 is 11.8 Å². The van der Waals surface area contributed by atoms with Gasteiger partial charge in [-0.05, 0) is 141 Å². The van der Waals surface area contributed by atoms with Crippen molar-refractivity contribution in [3.8, 4) is 0 Å². The minimum Gasteiger partial charge on any atom is -0.301 e. The van der Waals surface area contributed by atoms with E-state index >= 15 is 0 Å². The fourth-order valence-electron chi connectivity index (χ4n) is 5.03. The third-order valence-corrected chi connectivity index (χ3v) is 8.23. The lowest BCUT2D eigenvalue weighted by molar-refractivity contribution is 0.222. The lowest BCUT2D eigenvalue weighted by Crippen LogP contribution is -2.32. The first kappa shape index (κ1) is 50.6. The van der Waals surface area contributed by atoms with Crippen LogP contribution in [0.25, 0.3) is 10.5 Å². The lowest BCUT2D eigenvalue weighted by Gasteiger charge is -2.24. The molecular weight excluding hydrogens is 611 g/mol. The van der Waals surface area contributed by atoms with Crippen LogP contribution in [0.5, 0.6) is 0 Å². The lowest BCUT2D eigenvalue weighted by atomic mass is 9.88. The first-order valence-corrected chi connectivity index (χ1v) is 19.5. The van der Waals surface area contributed by atoms with Crippen molar-refractivity contribution >= 4 is 22.2 Å². The van der Waals surface area contributed by atoms with Crippen LogP contribution in [0.1, 0.15) is 139 Å². The van der Waals surface area contributed by atoms with Crippen molar-refractivity contribution in [2.45, 2.75) is 136 Å². The van der Waals surface area contributed by atoms with E-state index in [-0.39, 0.29) is 0 Å². The molecule has 49 heavy (non-hydrogen) atoms. The van der Waals surface area contributed by atoms with Gasteiger partial charge in [0.2, 0.25) is 0 Å². The summed E-state index contributed by atoms with van der Waals surface area (Å²) in [5, 5.41) is 1.87. The second kappa shape index (κ2) is 32.4. The van der Waals surface area contributed by atoms with E-state index in [0.29, 0.717) is 5.92 Å². The summed E-state index contributed by atoms with van der Waals surface area (Å²) < 4.78 is 0. The van der Waals surface area contributed by atoms with Crippen LogP contribution in [0.4, 0.5) is 0 Å². The zero-order chi connectivity index (χ0) is 38.4. The Hall–Kier alpha value is -2.81. The molecule has 0 bridgehead atoms. The Morgan fingerprint density at radius 3 is 1.82 bits per heavy atom. The standard InChI is InChI=1S/C26H34S.C9H21N.C9H14.C3H8/c1-10-22(20(8)15-18(4)5)17-25(19(6)7)24-14-13-23(16-21(24)9)26(11-2)27-12-3;1-5-7-10(8-6-2)9(3)4;1-4-6-8-9(3)7-5-2;1-3-2/h10-14,16-17,20H,3-4,6,15H2,1-2,5,7-9H3;9H,5-8H2,1-4H3;4-8H,1-3H3;3H2,1-2H3/b22-10-,25-17+,26-11-;;6-4+,7-5-,9-8-;. The molecule has 0 spiro atoms. The molecule has 0 saturated carbocycles. The number of aryl methyl sites for hydroxylation is 1. The minimum absolute atomic E-state index is 0.444. The molecule has 2 heteroatoms. The van der Waals surface area contributed by atoms with Crippen LogP contribution in [-0.4, -0.2) is 24.0 Å². The van der Waals surface area contributed by atoms with Crippen LogP contribution in [0.15, 0.2) is 114 Å². The highest BCUT2D eigenvalue weighted by atomic mass is 32.2. The fraction of sp³-hybridized carbons (Fsp3) is 0.489. The van der Waals surface area contributed by atoms with E-state index in [1.807, 2.05) is 37.5 Å². The number of allylic oxidation sites excluding steroid dienone is 13. The van der Waals surface area contributed by atoms with E-state index in [4.69, 9.17) is 0 Å². The quantitative estimate of drug-likeness (QED) is 0.126. The number of benzene rings is 1. The monoisotopic (exact) mass is 688 g/mol. The van der Waals surface area contributed by atoms with Gasteiger partial charge in [-0.3, -0.25) is 0 Å². The van der Waals surface area contributed by atoms with E-state index in [2.05, 4.69) is 163 Å². The van der Waals surface area contributed by atoms with Crippen molar-refractivity contribution in [3.63, 3.8) is 0 Å². The van der Waals surface area contributed by atoms with E-state index in [1.54, 1.807) is 11.8 Å². The van der Waals surface area contributed by atoms with E-state index in [0.717, 1.165) is 18.0 Å². The molecule has 1 atom stereocenters. The topological polar surface area (TPSA) is 3.24 Å². The van der Waals surface area contributed by atoms with Crippen LogP contribution in [0.2, 0.25) is 0 Å². The number of nitrogens with zero attached hydrogens (tertiary/aromatic N) is 1. The zero-order valence-electron chi connectivity index (χ0n) is 34.8. The van der Waals surface area contributed by atoms with Gasteiger partial charge < -0.3 is 4.90 Å². The Kier molecular flexibility index (Phi) is 33.4. The summed E-state index contributed by atoms with van der Waals surface area (Å²) >= 11 is 1.66. The second-order valence-corrected chi connectivity index (χ2v) is 13.9. The van der Waals surface area contributed by atoms with Gasteiger partial charge in [-0.25, -0.2) is 0 Å². The maximum Gasteiger partial charge on any atom is 0.0145 e. The summed E-state index contributed by atoms with van der Waals surface area (Å²) in [6.45, 7) is 46.8. The first-order chi connectivity index (χ1) is 23.2. The van der Waals surface area contributed by atoms with Crippen LogP contribution < -0.4 is 0 Å². The van der Waals surface area contributed by atoms with Gasteiger partial charge in [0, 0.05) is 10.9 Å². The molecule has 1 unspecified atom stereocenters. The molecule has 0 radical (unpaired) electrons. The maximum atomic E-state index is 4.24. The van der Waals surface area contributed by atoms with Crippen LogP contribution in [0, 0.1) is 12.8 Å². The smallest absolute Gasteiger partial charge is 0.0145 e. The highest BCUT2D eigenvalue weighted by Gasteiger charge is 2.12. The SMILES string of the molecule is C=CS/C(=C\C)c1ccc(/C(=C/C(=C/C)C(C)CC(=C)C)C(=C)C)c(C)c1.CCC.CCCN(CCC)C(C)C.C\C=C/C(C)=C\C=C\C. The molecule has 0 aliphatic heterocycles. The van der Waals surface area contributed by atoms with Crippen LogP contribution in [0.3, 0.4) is 0 Å². The number of thioether (sulfide) groups is 1. The van der Waals surface area contributed by atoms with Gasteiger partial charge in [0.1, 0.15) is 0 Å². The third-order valence-electron chi connectivity index (χ3n) is 7.33. The van der Waals surface area contributed by atoms with Gasteiger partial charge in [-0.2, -0.15) is 0 Å². The molecule has 0 aliphatic carbocycles. The third kappa shape index (κ3) is 24.9. The molecule has 0 aliphatic rings. The molecule has 0 amide bonds. The van der Waals surface area contributed by atoms with Crippen molar-refractivity contribution < 1.29 is 0 Å². The molecule has 0 saturated heterocycles. The van der Waals surface area contributed by atoms with E-state index in [1.165, 1.54) is 76.2 Å². The van der Waals surface area contributed by atoms with Gasteiger partial charge >= 0.3 is 0 Å². The maximum absolute atomic E-state index is 4.24. The van der Waals surface area contributed by atoms with Crippen molar-refractivity contribution in [1.29, 1.82) is 0 Å². The van der Waals surface area contributed by atoms with Crippen molar-refractivity contribution in [2.75, 3.05) is 13.1 Å². The summed E-state index contributed by atoms with van der Waals surface area (Å²) in [4.78, 5) is 3.75. The number of rotatable bonds is 16. The van der Waals surface area contributed by atoms with Gasteiger partial charge in [0.25, 0.3) is 0 Å². The Labute approximate surface area is 311 Å². The van der Waals surface area contributed by atoms with Crippen molar-refractivity contribution in [1.82, 2.24) is 4.90 Å². The predicted octanol–water partition coefficient (Wildman–Crippen LogP) is 15.8. The predicted molar refractivity (Wildman–Crippen MR) is 234 cm³/mol. The average Bonchev–Trinajstić information content (AvgIpc) is 3.04.